The summed E-state index contributed by atoms with van der Waals surface area (Å²) < 4.78 is 29.2. The van der Waals surface area contributed by atoms with Crippen LogP contribution in [-0.4, -0.2) is 29.1 Å². The number of hydrogen-bond donors (Lipinski definition) is 2. The number of aromatic nitrogens is 3. The van der Waals surface area contributed by atoms with Crippen LogP contribution in [0.5, 0.6) is 0 Å². The van der Waals surface area contributed by atoms with Gasteiger partial charge >= 0.3 is 0 Å². The van der Waals surface area contributed by atoms with E-state index in [4.69, 9.17) is 0 Å². The second kappa shape index (κ2) is 9.03. The molecule has 0 radical (unpaired) electrons. The van der Waals surface area contributed by atoms with Gasteiger partial charge in [0.05, 0.1) is 16.6 Å². The van der Waals surface area contributed by atoms with E-state index in [1.807, 2.05) is 31.2 Å². The Morgan fingerprint density at radius 2 is 1.62 bits per heavy atom. The summed E-state index contributed by atoms with van der Waals surface area (Å²) in [6, 6.07) is 21.8. The van der Waals surface area contributed by atoms with Gasteiger partial charge in [-0.2, -0.15) is 5.10 Å². The third kappa shape index (κ3) is 4.84. The fourth-order valence-corrected chi connectivity index (χ4v) is 4.18. The number of hydrogen-bond acceptors (Lipinski definition) is 5. The number of carbonyl (C=O) groups is 1. The molecule has 1 aromatic heterocycles. The first-order valence-electron chi connectivity index (χ1n) is 9.86. The number of anilines is 1. The highest BCUT2D eigenvalue weighted by molar-refractivity contribution is 7.92. The molecule has 4 rings (SSSR count). The molecule has 1 heterocycles. The Balaban J connectivity index is 1.41. The van der Waals surface area contributed by atoms with Gasteiger partial charge in [-0.15, -0.1) is 0 Å². The van der Waals surface area contributed by atoms with E-state index in [-0.39, 0.29) is 16.8 Å². The van der Waals surface area contributed by atoms with E-state index < -0.39 is 10.0 Å². The normalized spacial score (nSPS) is 12.2. The van der Waals surface area contributed by atoms with Crippen molar-refractivity contribution in [1.29, 1.82) is 0 Å². The molecule has 0 aliphatic carbocycles. The number of sulfonamides is 1. The van der Waals surface area contributed by atoms with E-state index in [0.717, 1.165) is 11.3 Å². The zero-order valence-corrected chi connectivity index (χ0v) is 18.0. The van der Waals surface area contributed by atoms with Gasteiger partial charge in [0, 0.05) is 11.3 Å². The van der Waals surface area contributed by atoms with Crippen LogP contribution < -0.4 is 10.0 Å². The molecule has 3 aromatic carbocycles. The summed E-state index contributed by atoms with van der Waals surface area (Å²) in [5.74, 6) is -0.294. The third-order valence-electron chi connectivity index (χ3n) is 4.88. The topological polar surface area (TPSA) is 106 Å². The van der Waals surface area contributed by atoms with Gasteiger partial charge in [0.25, 0.3) is 15.9 Å². The van der Waals surface area contributed by atoms with Crippen molar-refractivity contribution in [2.45, 2.75) is 17.9 Å². The summed E-state index contributed by atoms with van der Waals surface area (Å²) >= 11 is 0. The molecule has 0 fully saturated rings. The average molecular weight is 448 g/mol. The smallest absolute Gasteiger partial charge is 0.261 e. The summed E-state index contributed by atoms with van der Waals surface area (Å²) in [4.78, 5) is 16.6. The van der Waals surface area contributed by atoms with Gasteiger partial charge in [0.15, 0.2) is 0 Å². The first-order valence-corrected chi connectivity index (χ1v) is 11.3. The summed E-state index contributed by atoms with van der Waals surface area (Å²) in [6.45, 7) is 1.88. The van der Waals surface area contributed by atoms with Crippen molar-refractivity contribution >= 4 is 21.6 Å². The van der Waals surface area contributed by atoms with Gasteiger partial charge < -0.3 is 5.32 Å². The third-order valence-corrected chi connectivity index (χ3v) is 6.27. The summed E-state index contributed by atoms with van der Waals surface area (Å²) in [7, 11) is -3.74. The molecule has 2 N–H and O–H groups in total. The molecule has 1 atom stereocenters. The second-order valence-electron chi connectivity index (χ2n) is 7.12. The molecule has 162 valence electrons. The molecule has 4 aromatic rings. The summed E-state index contributed by atoms with van der Waals surface area (Å²) in [5.41, 5.74) is 2.63. The van der Waals surface area contributed by atoms with E-state index in [9.17, 15) is 13.2 Å². The van der Waals surface area contributed by atoms with Crippen LogP contribution >= 0.6 is 0 Å². The van der Waals surface area contributed by atoms with Gasteiger partial charge in [-0.25, -0.2) is 18.1 Å². The average Bonchev–Trinajstić information content (AvgIpc) is 3.35. The highest BCUT2D eigenvalue weighted by Crippen LogP contribution is 2.18. The molecule has 0 aliphatic heterocycles. The maximum Gasteiger partial charge on any atom is 0.261 e. The zero-order valence-electron chi connectivity index (χ0n) is 17.2. The second-order valence-corrected chi connectivity index (χ2v) is 8.81. The van der Waals surface area contributed by atoms with Crippen LogP contribution in [0.25, 0.3) is 5.69 Å². The molecule has 1 amide bonds. The number of nitrogens with one attached hydrogen (secondary N) is 2. The van der Waals surface area contributed by atoms with Gasteiger partial charge in [-0.3, -0.25) is 9.52 Å². The standard InChI is InChI=1S/C23H21N5O3S/c1-17(18-7-11-21(12-8-18)28-16-24-15-25-28)26-23(29)19-9-13-22(14-10-19)32(30,31)27-20-5-3-2-4-6-20/h2-17,27H,1H3,(H,26,29). The van der Waals surface area contributed by atoms with Crippen LogP contribution in [0.2, 0.25) is 0 Å². The minimum atomic E-state index is -3.74. The fraction of sp³-hybridized carbons (Fsp3) is 0.0870. The van der Waals surface area contributed by atoms with Crippen molar-refractivity contribution in [3.05, 3.63) is 103 Å². The largest absolute Gasteiger partial charge is 0.346 e. The number of carbonyl (C=O) groups excluding carboxylic acids is 1. The molecule has 0 saturated carbocycles. The molecule has 0 saturated heterocycles. The fourth-order valence-electron chi connectivity index (χ4n) is 3.13. The lowest BCUT2D eigenvalue weighted by molar-refractivity contribution is 0.0940. The Labute approximate surface area is 186 Å². The van der Waals surface area contributed by atoms with E-state index in [1.165, 1.54) is 30.6 Å². The van der Waals surface area contributed by atoms with Gasteiger partial charge in [0.1, 0.15) is 12.7 Å². The maximum absolute atomic E-state index is 12.6. The quantitative estimate of drug-likeness (QED) is 0.451. The number of nitrogens with zero attached hydrogens (tertiary/aromatic N) is 3. The van der Waals surface area contributed by atoms with Gasteiger partial charge in [0.2, 0.25) is 0 Å². The first kappa shape index (κ1) is 21.3. The predicted octanol–water partition coefficient (Wildman–Crippen LogP) is 3.56. The van der Waals surface area contributed by atoms with Crippen LogP contribution in [0.15, 0.2) is 96.4 Å². The van der Waals surface area contributed by atoms with Crippen molar-refractivity contribution < 1.29 is 13.2 Å². The molecule has 1 unspecified atom stereocenters. The number of para-hydroxylation sites is 1. The van der Waals surface area contributed by atoms with Crippen molar-refractivity contribution in [1.82, 2.24) is 20.1 Å². The van der Waals surface area contributed by atoms with Crippen molar-refractivity contribution in [3.63, 3.8) is 0 Å². The SMILES string of the molecule is CC(NC(=O)c1ccc(S(=O)(=O)Nc2ccccc2)cc1)c1ccc(-n2cncn2)cc1. The lowest BCUT2D eigenvalue weighted by Gasteiger charge is -2.15. The molecule has 32 heavy (non-hydrogen) atoms. The Morgan fingerprint density at radius 1 is 0.938 bits per heavy atom. The van der Waals surface area contributed by atoms with E-state index in [2.05, 4.69) is 20.1 Å². The molecule has 0 aliphatic rings. The van der Waals surface area contributed by atoms with Gasteiger partial charge in [-0.1, -0.05) is 30.3 Å². The van der Waals surface area contributed by atoms with E-state index >= 15 is 0 Å². The highest BCUT2D eigenvalue weighted by Gasteiger charge is 2.16. The molecular formula is C23H21N5O3S. The van der Waals surface area contributed by atoms with Crippen LogP contribution in [0.4, 0.5) is 5.69 Å². The lowest BCUT2D eigenvalue weighted by atomic mass is 10.1. The van der Waals surface area contributed by atoms with Crippen LogP contribution in [0.1, 0.15) is 28.9 Å². The molecule has 9 heteroatoms. The summed E-state index contributed by atoms with van der Waals surface area (Å²) in [6.07, 6.45) is 3.07. The van der Waals surface area contributed by atoms with Crippen LogP contribution in [0.3, 0.4) is 0 Å². The van der Waals surface area contributed by atoms with Crippen molar-refractivity contribution in [2.24, 2.45) is 0 Å². The molecular weight excluding hydrogens is 426 g/mol. The molecule has 0 spiro atoms. The highest BCUT2D eigenvalue weighted by atomic mass is 32.2. The Hall–Kier alpha value is -3.98. The number of benzene rings is 3. The van der Waals surface area contributed by atoms with Crippen molar-refractivity contribution in [2.75, 3.05) is 4.72 Å². The molecule has 8 nitrogen and oxygen atoms in total. The van der Waals surface area contributed by atoms with Crippen LogP contribution in [0, 0.1) is 0 Å². The Kier molecular flexibility index (Phi) is 6.00. The minimum Gasteiger partial charge on any atom is -0.346 e. The van der Waals surface area contributed by atoms with E-state index in [0.29, 0.717) is 11.3 Å². The monoisotopic (exact) mass is 447 g/mol. The first-order chi connectivity index (χ1) is 15.4. The number of rotatable bonds is 7. The lowest BCUT2D eigenvalue weighted by Crippen LogP contribution is -2.26. The zero-order chi connectivity index (χ0) is 22.6. The van der Waals surface area contributed by atoms with Gasteiger partial charge in [-0.05, 0) is 61.0 Å². The minimum absolute atomic E-state index is 0.0784. The van der Waals surface area contributed by atoms with Crippen LogP contribution in [-0.2, 0) is 10.0 Å². The van der Waals surface area contributed by atoms with E-state index in [1.54, 1.807) is 41.3 Å². The summed E-state index contributed by atoms with van der Waals surface area (Å²) in [5, 5.41) is 7.01. The van der Waals surface area contributed by atoms with Crippen molar-refractivity contribution in [3.8, 4) is 5.69 Å². The Bertz CT molecular complexity index is 1290. The predicted molar refractivity (Wildman–Crippen MR) is 121 cm³/mol. The molecule has 0 bridgehead atoms. The Morgan fingerprint density at radius 3 is 2.25 bits per heavy atom. The number of amides is 1. The maximum atomic E-state index is 12.6.